The topological polar surface area (TPSA) is 31.4 Å². The Morgan fingerprint density at radius 1 is 1.35 bits per heavy atom. The summed E-state index contributed by atoms with van der Waals surface area (Å²) in [6.07, 6.45) is 0. The van der Waals surface area contributed by atoms with Crippen LogP contribution in [0.3, 0.4) is 0 Å². The molecule has 88 valence electrons. The average molecular weight is 265 g/mol. The number of benzene rings is 1. The van der Waals surface area contributed by atoms with Crippen molar-refractivity contribution in [2.45, 2.75) is 12.7 Å². The Balaban J connectivity index is 2.03. The molecule has 0 radical (unpaired) electrons. The molecule has 1 aromatic heterocycles. The molecule has 3 nitrogen and oxygen atoms in total. The number of nitrogens with zero attached hydrogens (tertiary/aromatic N) is 1. The highest BCUT2D eigenvalue weighted by molar-refractivity contribution is 7.79. The lowest BCUT2D eigenvalue weighted by molar-refractivity contribution is 0.174. The second kappa shape index (κ2) is 4.23. The number of hydrogen-bond donors (Lipinski definition) is 1. The summed E-state index contributed by atoms with van der Waals surface area (Å²) in [6.45, 7) is 2.32. The quantitative estimate of drug-likeness (QED) is 0.846. The first-order chi connectivity index (χ1) is 8.28. The number of fused-ring (bicyclic) bond motifs is 1. The average Bonchev–Trinajstić information content (AvgIpc) is 2.93. The number of hydrogen-bond acceptors (Lipinski definition) is 5. The highest BCUT2D eigenvalue weighted by Crippen LogP contribution is 2.37. The lowest BCUT2D eigenvalue weighted by Gasteiger charge is -1.98. The first kappa shape index (κ1) is 10.9. The van der Waals surface area contributed by atoms with E-state index in [2.05, 4.69) is 17.6 Å². The highest BCUT2D eigenvalue weighted by atomic mass is 32.1. The molecule has 17 heavy (non-hydrogen) atoms. The van der Waals surface area contributed by atoms with Crippen LogP contribution in [-0.2, 0) is 5.75 Å². The molecule has 1 aliphatic heterocycles. The monoisotopic (exact) mass is 265 g/mol. The van der Waals surface area contributed by atoms with E-state index in [4.69, 9.17) is 9.47 Å². The van der Waals surface area contributed by atoms with Crippen LogP contribution < -0.4 is 9.47 Å². The van der Waals surface area contributed by atoms with Crippen LogP contribution in [0.25, 0.3) is 10.6 Å². The lowest BCUT2D eigenvalue weighted by Crippen LogP contribution is -1.92. The predicted octanol–water partition coefficient (Wildman–Crippen LogP) is 3.28. The van der Waals surface area contributed by atoms with Crippen molar-refractivity contribution in [2.75, 3.05) is 6.79 Å². The summed E-state index contributed by atoms with van der Waals surface area (Å²) in [5, 5.41) is 1.00. The minimum absolute atomic E-state index is 0.303. The molecular weight excluding hydrogens is 254 g/mol. The van der Waals surface area contributed by atoms with Crippen LogP contribution in [0.4, 0.5) is 0 Å². The third-order valence-electron chi connectivity index (χ3n) is 2.66. The predicted molar refractivity (Wildman–Crippen MR) is 71.1 cm³/mol. The number of rotatable bonds is 2. The second-order valence-electron chi connectivity index (χ2n) is 3.75. The summed E-state index contributed by atoms with van der Waals surface area (Å²) in [6, 6.07) is 5.91. The Bertz CT molecular complexity index is 566. The van der Waals surface area contributed by atoms with Gasteiger partial charge < -0.3 is 9.47 Å². The Kier molecular flexibility index (Phi) is 2.72. The molecule has 0 saturated heterocycles. The fraction of sp³-hybridized carbons (Fsp3) is 0.250. The first-order valence-corrected chi connectivity index (χ1v) is 6.70. The molecule has 0 spiro atoms. The SMILES string of the molecule is Cc1nc(-c2ccc3c(c2)OCO3)sc1CS. The van der Waals surface area contributed by atoms with Gasteiger partial charge in [-0.1, -0.05) is 0 Å². The summed E-state index contributed by atoms with van der Waals surface area (Å²) in [5.41, 5.74) is 2.12. The Hall–Kier alpha value is -1.20. The van der Waals surface area contributed by atoms with Crippen LogP contribution >= 0.6 is 24.0 Å². The van der Waals surface area contributed by atoms with E-state index in [-0.39, 0.29) is 0 Å². The molecule has 0 unspecified atom stereocenters. The number of aromatic nitrogens is 1. The Morgan fingerprint density at radius 3 is 2.94 bits per heavy atom. The van der Waals surface area contributed by atoms with Crippen molar-refractivity contribution < 1.29 is 9.47 Å². The van der Waals surface area contributed by atoms with E-state index in [0.29, 0.717) is 6.79 Å². The van der Waals surface area contributed by atoms with Gasteiger partial charge in [0.15, 0.2) is 11.5 Å². The van der Waals surface area contributed by atoms with Gasteiger partial charge in [-0.25, -0.2) is 4.98 Å². The summed E-state index contributed by atoms with van der Waals surface area (Å²) in [5.74, 6) is 2.33. The largest absolute Gasteiger partial charge is 0.454 e. The van der Waals surface area contributed by atoms with Crippen LogP contribution in [0.5, 0.6) is 11.5 Å². The summed E-state index contributed by atoms with van der Waals surface area (Å²) in [4.78, 5) is 5.76. The maximum absolute atomic E-state index is 5.36. The fourth-order valence-corrected chi connectivity index (χ4v) is 3.07. The molecule has 1 aliphatic rings. The van der Waals surface area contributed by atoms with Crippen molar-refractivity contribution in [3.8, 4) is 22.1 Å². The lowest BCUT2D eigenvalue weighted by atomic mass is 10.2. The van der Waals surface area contributed by atoms with Gasteiger partial charge in [0.05, 0.1) is 5.69 Å². The number of ether oxygens (including phenoxy) is 2. The minimum Gasteiger partial charge on any atom is -0.454 e. The van der Waals surface area contributed by atoms with Crippen LogP contribution in [0.15, 0.2) is 18.2 Å². The maximum atomic E-state index is 5.36. The van der Waals surface area contributed by atoms with Gasteiger partial charge in [-0.15, -0.1) is 11.3 Å². The molecule has 0 N–H and O–H groups in total. The Labute approximate surface area is 109 Å². The van der Waals surface area contributed by atoms with Crippen molar-refractivity contribution in [1.82, 2.24) is 4.98 Å². The highest BCUT2D eigenvalue weighted by Gasteiger charge is 2.15. The van der Waals surface area contributed by atoms with Crippen LogP contribution in [0.2, 0.25) is 0 Å². The molecule has 0 amide bonds. The zero-order chi connectivity index (χ0) is 11.8. The van der Waals surface area contributed by atoms with Gasteiger partial charge in [-0.05, 0) is 25.1 Å². The van der Waals surface area contributed by atoms with Gasteiger partial charge in [0, 0.05) is 16.2 Å². The fourth-order valence-electron chi connectivity index (χ4n) is 1.73. The van der Waals surface area contributed by atoms with Crippen molar-refractivity contribution in [1.29, 1.82) is 0 Å². The molecule has 0 bridgehead atoms. The van der Waals surface area contributed by atoms with Gasteiger partial charge in [0.1, 0.15) is 5.01 Å². The van der Waals surface area contributed by atoms with E-state index >= 15 is 0 Å². The second-order valence-corrected chi connectivity index (χ2v) is 5.15. The van der Waals surface area contributed by atoms with Gasteiger partial charge in [0.25, 0.3) is 0 Å². The molecule has 2 aromatic rings. The Morgan fingerprint density at radius 2 is 2.18 bits per heavy atom. The van der Waals surface area contributed by atoms with Crippen molar-refractivity contribution in [3.05, 3.63) is 28.8 Å². The van der Waals surface area contributed by atoms with E-state index in [9.17, 15) is 0 Å². The van der Waals surface area contributed by atoms with E-state index in [0.717, 1.165) is 33.5 Å². The van der Waals surface area contributed by atoms with Crippen molar-refractivity contribution in [3.63, 3.8) is 0 Å². The smallest absolute Gasteiger partial charge is 0.231 e. The van der Waals surface area contributed by atoms with Crippen molar-refractivity contribution in [2.24, 2.45) is 0 Å². The van der Waals surface area contributed by atoms with E-state index in [1.807, 2.05) is 25.1 Å². The van der Waals surface area contributed by atoms with E-state index in [1.165, 1.54) is 4.88 Å². The van der Waals surface area contributed by atoms with Crippen molar-refractivity contribution >= 4 is 24.0 Å². The first-order valence-electron chi connectivity index (χ1n) is 5.25. The van der Waals surface area contributed by atoms with Gasteiger partial charge in [0.2, 0.25) is 6.79 Å². The summed E-state index contributed by atoms with van der Waals surface area (Å²) in [7, 11) is 0. The van der Waals surface area contributed by atoms with Gasteiger partial charge in [-0.2, -0.15) is 12.6 Å². The van der Waals surface area contributed by atoms with Gasteiger partial charge >= 0.3 is 0 Å². The minimum atomic E-state index is 0.303. The molecule has 0 atom stereocenters. The molecule has 5 heteroatoms. The third kappa shape index (κ3) is 1.89. The normalized spacial score (nSPS) is 13.1. The van der Waals surface area contributed by atoms with Crippen LogP contribution in [-0.4, -0.2) is 11.8 Å². The van der Waals surface area contributed by atoms with Gasteiger partial charge in [-0.3, -0.25) is 0 Å². The standard InChI is InChI=1S/C12H11NO2S2/c1-7-11(5-16)17-12(13-7)8-2-3-9-10(4-8)15-6-14-9/h2-4,16H,5-6H2,1H3. The maximum Gasteiger partial charge on any atom is 0.231 e. The number of thiol groups is 1. The zero-order valence-corrected chi connectivity index (χ0v) is 11.0. The molecule has 1 aromatic carbocycles. The van der Waals surface area contributed by atoms with E-state index < -0.39 is 0 Å². The number of aryl methyl sites for hydroxylation is 1. The number of thiazole rings is 1. The zero-order valence-electron chi connectivity index (χ0n) is 9.27. The molecular formula is C12H11NO2S2. The van der Waals surface area contributed by atoms with Crippen LogP contribution in [0, 0.1) is 6.92 Å². The summed E-state index contributed by atoms with van der Waals surface area (Å²) < 4.78 is 10.7. The third-order valence-corrected chi connectivity index (χ3v) is 4.39. The summed E-state index contributed by atoms with van der Waals surface area (Å²) >= 11 is 5.97. The van der Waals surface area contributed by atoms with E-state index in [1.54, 1.807) is 11.3 Å². The van der Waals surface area contributed by atoms with Crippen LogP contribution in [0.1, 0.15) is 10.6 Å². The molecule has 2 heterocycles. The molecule has 0 saturated carbocycles. The molecule has 0 aliphatic carbocycles. The molecule has 3 rings (SSSR count). The molecule has 0 fully saturated rings.